The van der Waals surface area contributed by atoms with Crippen LogP contribution in [0.15, 0.2) is 12.2 Å². The number of hydrogen-bond acceptors (Lipinski definition) is 3. The number of aliphatic hydroxyl groups is 1. The fourth-order valence-electron chi connectivity index (χ4n) is 0.566. The van der Waals surface area contributed by atoms with Crippen LogP contribution in [0.4, 0.5) is 26.3 Å². The maximum absolute atomic E-state index is 12.6. The van der Waals surface area contributed by atoms with Gasteiger partial charge in [-0.1, -0.05) is 6.58 Å². The Kier molecular flexibility index (Phi) is 9.28. The Morgan fingerprint density at radius 2 is 1.68 bits per heavy atom. The maximum atomic E-state index is 12.6. The molecule has 0 rings (SSSR count). The van der Waals surface area contributed by atoms with E-state index in [1.165, 1.54) is 0 Å². The van der Waals surface area contributed by atoms with Gasteiger partial charge >= 0.3 is 18.2 Å². The van der Waals surface area contributed by atoms with Gasteiger partial charge in [-0.15, -0.1) is 0 Å². The second-order valence-electron chi connectivity index (χ2n) is 3.23. The number of esters is 1. The van der Waals surface area contributed by atoms with E-state index in [2.05, 4.69) is 11.3 Å². The summed E-state index contributed by atoms with van der Waals surface area (Å²) in [4.78, 5) is 10.6. The Hall–Kier alpha value is -1.25. The first kappa shape index (κ1) is 20.1. The predicted molar refractivity (Wildman–Crippen MR) is 54.4 cm³/mol. The van der Waals surface area contributed by atoms with Crippen molar-refractivity contribution in [2.45, 2.75) is 38.7 Å². The highest BCUT2D eigenvalue weighted by atomic mass is 19.3. The van der Waals surface area contributed by atoms with Crippen LogP contribution in [0.1, 0.15) is 13.8 Å². The van der Waals surface area contributed by atoms with Crippen LogP contribution in [-0.4, -0.2) is 42.6 Å². The Morgan fingerprint density at radius 1 is 1.32 bits per heavy atom. The molecule has 19 heavy (non-hydrogen) atoms. The number of rotatable bonds is 5. The standard InChI is InChI=1S/C8H8F6O2.C2H6O/c1-3(2)6(15)16-7(12)8(13,14)4(9)5(10)11;1-2-3/h4-5,7H,1H2,2H3;3H,2H2,1H3. The van der Waals surface area contributed by atoms with Gasteiger partial charge in [-0.2, -0.15) is 13.2 Å². The van der Waals surface area contributed by atoms with E-state index in [1.807, 2.05) is 0 Å². The Morgan fingerprint density at radius 3 is 1.95 bits per heavy atom. The first-order valence-corrected chi connectivity index (χ1v) is 4.93. The van der Waals surface area contributed by atoms with E-state index in [4.69, 9.17) is 5.11 Å². The Bertz CT molecular complexity index is 295. The number of aliphatic hydroxyl groups excluding tert-OH is 1. The van der Waals surface area contributed by atoms with Crippen LogP contribution in [0.3, 0.4) is 0 Å². The smallest absolute Gasteiger partial charge is 0.349 e. The van der Waals surface area contributed by atoms with Gasteiger partial charge in [0, 0.05) is 12.2 Å². The summed E-state index contributed by atoms with van der Waals surface area (Å²) in [5, 5.41) is 7.57. The molecule has 0 saturated carbocycles. The van der Waals surface area contributed by atoms with Crippen LogP contribution < -0.4 is 0 Å². The van der Waals surface area contributed by atoms with Crippen LogP contribution in [0.2, 0.25) is 0 Å². The second kappa shape index (κ2) is 8.78. The first-order chi connectivity index (χ1) is 8.52. The molecular formula is C10H14F6O3. The van der Waals surface area contributed by atoms with Crippen molar-refractivity contribution in [3.05, 3.63) is 12.2 Å². The fraction of sp³-hybridized carbons (Fsp3) is 0.700. The van der Waals surface area contributed by atoms with Crippen molar-refractivity contribution in [3.63, 3.8) is 0 Å². The molecule has 0 saturated heterocycles. The molecule has 0 aliphatic rings. The zero-order valence-corrected chi connectivity index (χ0v) is 10.2. The Labute approximate surface area is 105 Å². The van der Waals surface area contributed by atoms with E-state index in [0.29, 0.717) is 0 Å². The number of hydrogen-bond donors (Lipinski definition) is 1. The summed E-state index contributed by atoms with van der Waals surface area (Å²) >= 11 is 0. The topological polar surface area (TPSA) is 46.5 Å². The van der Waals surface area contributed by atoms with Crippen molar-refractivity contribution in [1.82, 2.24) is 0 Å². The molecule has 0 bridgehead atoms. The molecule has 0 aromatic heterocycles. The predicted octanol–water partition coefficient (Wildman–Crippen LogP) is 2.64. The minimum Gasteiger partial charge on any atom is -0.421 e. The van der Waals surface area contributed by atoms with Crippen molar-refractivity contribution in [2.75, 3.05) is 6.61 Å². The third-order valence-corrected chi connectivity index (χ3v) is 1.45. The van der Waals surface area contributed by atoms with Crippen molar-refractivity contribution >= 4 is 5.97 Å². The number of carbonyl (C=O) groups excluding carboxylic acids is 1. The molecule has 0 amide bonds. The van der Waals surface area contributed by atoms with Crippen molar-refractivity contribution < 1.29 is 41.0 Å². The number of carbonyl (C=O) groups is 1. The lowest BCUT2D eigenvalue weighted by Gasteiger charge is -2.23. The molecule has 0 fully saturated rings. The van der Waals surface area contributed by atoms with Gasteiger partial charge in [0.05, 0.1) is 0 Å². The van der Waals surface area contributed by atoms with E-state index in [9.17, 15) is 31.1 Å². The van der Waals surface area contributed by atoms with Crippen LogP contribution in [0, 0.1) is 0 Å². The molecule has 3 nitrogen and oxygen atoms in total. The molecule has 2 unspecified atom stereocenters. The molecule has 0 aromatic rings. The molecule has 114 valence electrons. The molecular weight excluding hydrogens is 282 g/mol. The largest absolute Gasteiger partial charge is 0.421 e. The number of alkyl halides is 6. The third kappa shape index (κ3) is 7.04. The van der Waals surface area contributed by atoms with Crippen molar-refractivity contribution in [2.24, 2.45) is 0 Å². The normalized spacial score (nSPS) is 14.2. The Balaban J connectivity index is 0. The monoisotopic (exact) mass is 296 g/mol. The summed E-state index contributed by atoms with van der Waals surface area (Å²) in [6.07, 6.45) is -11.9. The summed E-state index contributed by atoms with van der Waals surface area (Å²) in [7, 11) is 0. The highest BCUT2D eigenvalue weighted by Crippen LogP contribution is 2.32. The first-order valence-electron chi connectivity index (χ1n) is 4.93. The number of halogens is 6. The zero-order chi connectivity index (χ0) is 15.8. The van der Waals surface area contributed by atoms with Gasteiger partial charge in [0.25, 0.3) is 6.43 Å². The minimum atomic E-state index is -5.11. The van der Waals surface area contributed by atoms with E-state index in [0.717, 1.165) is 6.92 Å². The van der Waals surface area contributed by atoms with E-state index >= 15 is 0 Å². The van der Waals surface area contributed by atoms with Crippen LogP contribution in [-0.2, 0) is 9.53 Å². The summed E-state index contributed by atoms with van der Waals surface area (Å²) in [6.45, 7) is 5.89. The molecule has 0 aliphatic carbocycles. The lowest BCUT2D eigenvalue weighted by Crippen LogP contribution is -2.45. The average Bonchev–Trinajstić information content (AvgIpc) is 2.28. The average molecular weight is 296 g/mol. The lowest BCUT2D eigenvalue weighted by molar-refractivity contribution is -0.237. The van der Waals surface area contributed by atoms with Gasteiger partial charge in [0.2, 0.25) is 6.17 Å². The summed E-state index contributed by atoms with van der Waals surface area (Å²) < 4.78 is 76.6. The molecule has 2 atom stereocenters. The van der Waals surface area contributed by atoms with Crippen LogP contribution >= 0.6 is 0 Å². The minimum absolute atomic E-state index is 0.250. The highest BCUT2D eigenvalue weighted by Gasteiger charge is 2.55. The highest BCUT2D eigenvalue weighted by molar-refractivity contribution is 5.87. The maximum Gasteiger partial charge on any atom is 0.349 e. The second-order valence-corrected chi connectivity index (χ2v) is 3.23. The molecule has 0 radical (unpaired) electrons. The van der Waals surface area contributed by atoms with Crippen LogP contribution in [0.5, 0.6) is 0 Å². The SMILES string of the molecule is C=C(C)C(=O)OC(F)C(F)(F)C(F)C(F)F.CCO. The molecule has 0 spiro atoms. The van der Waals surface area contributed by atoms with E-state index in [1.54, 1.807) is 6.92 Å². The van der Waals surface area contributed by atoms with Gasteiger partial charge in [-0.05, 0) is 13.8 Å². The van der Waals surface area contributed by atoms with Crippen molar-refractivity contribution in [3.8, 4) is 0 Å². The van der Waals surface area contributed by atoms with Gasteiger partial charge in [0.1, 0.15) is 0 Å². The molecule has 9 heteroatoms. The molecule has 0 heterocycles. The van der Waals surface area contributed by atoms with Gasteiger partial charge in [0.15, 0.2) is 0 Å². The zero-order valence-electron chi connectivity index (χ0n) is 10.2. The summed E-state index contributed by atoms with van der Waals surface area (Å²) in [5.41, 5.74) is -0.425. The fourth-order valence-corrected chi connectivity index (χ4v) is 0.566. The van der Waals surface area contributed by atoms with E-state index < -0.39 is 36.4 Å². The van der Waals surface area contributed by atoms with E-state index in [-0.39, 0.29) is 6.61 Å². The summed E-state index contributed by atoms with van der Waals surface area (Å²) in [5.74, 6) is -6.67. The van der Waals surface area contributed by atoms with Gasteiger partial charge < -0.3 is 9.84 Å². The van der Waals surface area contributed by atoms with Crippen LogP contribution in [0.25, 0.3) is 0 Å². The van der Waals surface area contributed by atoms with Gasteiger partial charge in [-0.25, -0.2) is 18.0 Å². The third-order valence-electron chi connectivity index (χ3n) is 1.45. The quantitative estimate of drug-likeness (QED) is 0.482. The van der Waals surface area contributed by atoms with Gasteiger partial charge in [-0.3, -0.25) is 0 Å². The molecule has 0 aromatic carbocycles. The lowest BCUT2D eigenvalue weighted by atomic mass is 10.2. The molecule has 0 aliphatic heterocycles. The number of ether oxygens (including phenoxy) is 1. The summed E-state index contributed by atoms with van der Waals surface area (Å²) in [6, 6.07) is 0. The van der Waals surface area contributed by atoms with Crippen molar-refractivity contribution in [1.29, 1.82) is 0 Å². The molecule has 1 N–H and O–H groups in total.